The summed E-state index contributed by atoms with van der Waals surface area (Å²) < 4.78 is 0. The molecule has 2 N–H and O–H groups in total. The SMILES string of the molecule is O=[N+]([O-])c1cc(Cl)ccc1NCCNc1ccccn1. The fourth-order valence-electron chi connectivity index (χ4n) is 1.66. The zero-order valence-electron chi connectivity index (χ0n) is 10.5. The summed E-state index contributed by atoms with van der Waals surface area (Å²) in [7, 11) is 0. The molecule has 0 fully saturated rings. The number of benzene rings is 1. The van der Waals surface area contributed by atoms with Crippen molar-refractivity contribution in [3.63, 3.8) is 0 Å². The van der Waals surface area contributed by atoms with Crippen molar-refractivity contribution in [1.82, 2.24) is 4.98 Å². The lowest BCUT2D eigenvalue weighted by Crippen LogP contribution is -2.14. The number of anilines is 2. The van der Waals surface area contributed by atoms with E-state index in [4.69, 9.17) is 11.6 Å². The van der Waals surface area contributed by atoms with E-state index < -0.39 is 4.92 Å². The summed E-state index contributed by atoms with van der Waals surface area (Å²) >= 11 is 5.75. The molecule has 0 radical (unpaired) electrons. The molecule has 7 heteroatoms. The third kappa shape index (κ3) is 3.83. The molecule has 0 aliphatic heterocycles. The van der Waals surface area contributed by atoms with Crippen LogP contribution in [-0.4, -0.2) is 23.0 Å². The molecule has 1 heterocycles. The number of halogens is 1. The lowest BCUT2D eigenvalue weighted by molar-refractivity contribution is -0.383. The smallest absolute Gasteiger partial charge is 0.293 e. The fourth-order valence-corrected chi connectivity index (χ4v) is 1.83. The van der Waals surface area contributed by atoms with E-state index in [0.29, 0.717) is 23.8 Å². The Bertz CT molecular complexity index is 592. The van der Waals surface area contributed by atoms with Crippen molar-refractivity contribution >= 4 is 28.8 Å². The molecular weight excluding hydrogens is 280 g/mol. The van der Waals surface area contributed by atoms with Gasteiger partial charge in [-0.3, -0.25) is 10.1 Å². The van der Waals surface area contributed by atoms with E-state index in [-0.39, 0.29) is 5.69 Å². The maximum absolute atomic E-state index is 10.9. The van der Waals surface area contributed by atoms with Crippen molar-refractivity contribution in [2.75, 3.05) is 23.7 Å². The molecule has 0 aliphatic rings. The van der Waals surface area contributed by atoms with Crippen LogP contribution >= 0.6 is 11.6 Å². The van der Waals surface area contributed by atoms with Crippen LogP contribution in [0.5, 0.6) is 0 Å². The average molecular weight is 293 g/mol. The second-order valence-corrected chi connectivity index (χ2v) is 4.42. The van der Waals surface area contributed by atoms with Crippen molar-refractivity contribution in [2.24, 2.45) is 0 Å². The monoisotopic (exact) mass is 292 g/mol. The number of aromatic nitrogens is 1. The molecule has 0 saturated carbocycles. The van der Waals surface area contributed by atoms with Gasteiger partial charge in [0.15, 0.2) is 0 Å². The molecular formula is C13H13ClN4O2. The summed E-state index contributed by atoms with van der Waals surface area (Å²) in [6.07, 6.45) is 1.69. The number of hydrogen-bond donors (Lipinski definition) is 2. The Morgan fingerprint density at radius 3 is 2.70 bits per heavy atom. The Labute approximate surface area is 120 Å². The van der Waals surface area contributed by atoms with Gasteiger partial charge in [-0.05, 0) is 24.3 Å². The van der Waals surface area contributed by atoms with Crippen LogP contribution in [0.15, 0.2) is 42.6 Å². The van der Waals surface area contributed by atoms with Gasteiger partial charge in [-0.25, -0.2) is 4.98 Å². The van der Waals surface area contributed by atoms with Gasteiger partial charge < -0.3 is 10.6 Å². The highest BCUT2D eigenvalue weighted by molar-refractivity contribution is 6.30. The first-order chi connectivity index (χ1) is 9.66. The van der Waals surface area contributed by atoms with E-state index in [0.717, 1.165) is 5.82 Å². The van der Waals surface area contributed by atoms with Gasteiger partial charge in [0.1, 0.15) is 11.5 Å². The maximum Gasteiger partial charge on any atom is 0.293 e. The highest BCUT2D eigenvalue weighted by atomic mass is 35.5. The van der Waals surface area contributed by atoms with Crippen molar-refractivity contribution < 1.29 is 4.92 Å². The van der Waals surface area contributed by atoms with E-state index >= 15 is 0 Å². The number of nitro groups is 1. The van der Waals surface area contributed by atoms with Crippen LogP contribution in [0.1, 0.15) is 0 Å². The molecule has 0 spiro atoms. The topological polar surface area (TPSA) is 80.1 Å². The zero-order valence-corrected chi connectivity index (χ0v) is 11.3. The zero-order chi connectivity index (χ0) is 14.4. The van der Waals surface area contributed by atoms with Gasteiger partial charge in [-0.1, -0.05) is 17.7 Å². The van der Waals surface area contributed by atoms with E-state index in [9.17, 15) is 10.1 Å². The molecule has 1 aromatic carbocycles. The molecule has 1 aromatic heterocycles. The molecule has 0 atom stereocenters. The van der Waals surface area contributed by atoms with Crippen molar-refractivity contribution in [2.45, 2.75) is 0 Å². The second kappa shape index (κ2) is 6.72. The summed E-state index contributed by atoms with van der Waals surface area (Å²) in [6.45, 7) is 1.12. The molecule has 104 valence electrons. The van der Waals surface area contributed by atoms with Crippen LogP contribution in [0.3, 0.4) is 0 Å². The predicted octanol–water partition coefficient (Wildman–Crippen LogP) is 3.17. The summed E-state index contributed by atoms with van der Waals surface area (Å²) in [5.41, 5.74) is 0.414. The van der Waals surface area contributed by atoms with Crippen LogP contribution < -0.4 is 10.6 Å². The Morgan fingerprint density at radius 2 is 2.00 bits per heavy atom. The average Bonchev–Trinajstić information content (AvgIpc) is 2.45. The summed E-state index contributed by atoms with van der Waals surface area (Å²) in [5.74, 6) is 0.764. The summed E-state index contributed by atoms with van der Waals surface area (Å²) in [6, 6.07) is 10.1. The maximum atomic E-state index is 10.9. The Balaban J connectivity index is 1.90. The van der Waals surface area contributed by atoms with Gasteiger partial charge >= 0.3 is 0 Å². The van der Waals surface area contributed by atoms with Crippen molar-refractivity contribution in [3.8, 4) is 0 Å². The van der Waals surface area contributed by atoms with Crippen LogP contribution in [0.2, 0.25) is 5.02 Å². The lowest BCUT2D eigenvalue weighted by Gasteiger charge is -2.08. The molecule has 0 aliphatic carbocycles. The molecule has 0 unspecified atom stereocenters. The van der Waals surface area contributed by atoms with E-state index in [1.807, 2.05) is 18.2 Å². The molecule has 0 bridgehead atoms. The molecule has 0 amide bonds. The van der Waals surface area contributed by atoms with Crippen LogP contribution in [-0.2, 0) is 0 Å². The largest absolute Gasteiger partial charge is 0.378 e. The predicted molar refractivity (Wildman–Crippen MR) is 79.3 cm³/mol. The van der Waals surface area contributed by atoms with Gasteiger partial charge in [0.2, 0.25) is 0 Å². The Morgan fingerprint density at radius 1 is 1.20 bits per heavy atom. The number of hydrogen-bond acceptors (Lipinski definition) is 5. The summed E-state index contributed by atoms with van der Waals surface area (Å²) in [4.78, 5) is 14.6. The standard InChI is InChI=1S/C13H13ClN4O2/c14-10-4-5-11(12(9-10)18(19)20)15-7-8-17-13-3-1-2-6-16-13/h1-6,9,15H,7-8H2,(H,16,17). The molecule has 2 aromatic rings. The number of pyridine rings is 1. The van der Waals surface area contributed by atoms with Gasteiger partial charge in [0.25, 0.3) is 5.69 Å². The van der Waals surface area contributed by atoms with Gasteiger partial charge in [0.05, 0.1) is 4.92 Å². The van der Waals surface area contributed by atoms with E-state index in [1.165, 1.54) is 6.07 Å². The number of nitrogens with zero attached hydrogens (tertiary/aromatic N) is 2. The Kier molecular flexibility index (Phi) is 4.73. The Hall–Kier alpha value is -2.34. The minimum Gasteiger partial charge on any atom is -0.378 e. The van der Waals surface area contributed by atoms with Crippen molar-refractivity contribution in [1.29, 1.82) is 0 Å². The van der Waals surface area contributed by atoms with Crippen LogP contribution in [0, 0.1) is 10.1 Å². The lowest BCUT2D eigenvalue weighted by atomic mass is 10.2. The van der Waals surface area contributed by atoms with Gasteiger partial charge in [0, 0.05) is 30.4 Å². The minimum atomic E-state index is -0.458. The number of nitrogens with one attached hydrogen (secondary N) is 2. The molecule has 0 saturated heterocycles. The first-order valence-corrected chi connectivity index (χ1v) is 6.37. The summed E-state index contributed by atoms with van der Waals surface area (Å²) in [5, 5.41) is 17.4. The third-order valence-electron chi connectivity index (χ3n) is 2.57. The quantitative estimate of drug-likeness (QED) is 0.485. The number of nitro benzene ring substituents is 1. The molecule has 20 heavy (non-hydrogen) atoms. The van der Waals surface area contributed by atoms with E-state index in [1.54, 1.807) is 18.3 Å². The first-order valence-electron chi connectivity index (χ1n) is 5.99. The fraction of sp³-hybridized carbons (Fsp3) is 0.154. The van der Waals surface area contributed by atoms with Crippen molar-refractivity contribution in [3.05, 3.63) is 57.7 Å². The minimum absolute atomic E-state index is 0.0321. The third-order valence-corrected chi connectivity index (χ3v) is 2.80. The van der Waals surface area contributed by atoms with Crippen LogP contribution in [0.25, 0.3) is 0 Å². The number of rotatable bonds is 6. The van der Waals surface area contributed by atoms with E-state index in [2.05, 4.69) is 15.6 Å². The second-order valence-electron chi connectivity index (χ2n) is 3.99. The molecule has 2 rings (SSSR count). The highest BCUT2D eigenvalue weighted by Gasteiger charge is 2.13. The van der Waals surface area contributed by atoms with Gasteiger partial charge in [-0.15, -0.1) is 0 Å². The highest BCUT2D eigenvalue weighted by Crippen LogP contribution is 2.27. The first kappa shape index (κ1) is 14.1. The van der Waals surface area contributed by atoms with Crippen LogP contribution in [0.4, 0.5) is 17.2 Å². The molecule has 6 nitrogen and oxygen atoms in total. The normalized spacial score (nSPS) is 10.1. The van der Waals surface area contributed by atoms with Gasteiger partial charge in [-0.2, -0.15) is 0 Å².